The zero-order valence-electron chi connectivity index (χ0n) is 12.8. The van der Waals surface area contributed by atoms with Crippen LogP contribution in [-0.2, 0) is 6.54 Å². The maximum absolute atomic E-state index is 13.8. The highest BCUT2D eigenvalue weighted by Gasteiger charge is 2.08. The summed E-state index contributed by atoms with van der Waals surface area (Å²) in [6.45, 7) is 0.608. The third-order valence-corrected chi connectivity index (χ3v) is 3.64. The van der Waals surface area contributed by atoms with E-state index in [1.165, 1.54) is 6.07 Å². The average Bonchev–Trinajstić information content (AvgIpc) is 2.56. The van der Waals surface area contributed by atoms with Gasteiger partial charge in [-0.1, -0.05) is 36.4 Å². The molecule has 23 heavy (non-hydrogen) atoms. The Morgan fingerprint density at radius 3 is 2.39 bits per heavy atom. The van der Waals surface area contributed by atoms with Crippen molar-refractivity contribution in [2.45, 2.75) is 6.54 Å². The van der Waals surface area contributed by atoms with Crippen LogP contribution >= 0.6 is 0 Å². The van der Waals surface area contributed by atoms with Crippen LogP contribution < -0.4 is 10.6 Å². The van der Waals surface area contributed by atoms with E-state index in [1.54, 1.807) is 24.5 Å². The number of nitrogens with two attached hydrogens (primary N) is 1. The molecule has 0 radical (unpaired) electrons. The molecule has 0 unspecified atom stereocenters. The highest BCUT2D eigenvalue weighted by Crippen LogP contribution is 2.23. The van der Waals surface area contributed by atoms with Gasteiger partial charge < -0.3 is 10.6 Å². The van der Waals surface area contributed by atoms with E-state index in [2.05, 4.69) is 9.97 Å². The number of para-hydroxylation sites is 1. The van der Waals surface area contributed by atoms with Gasteiger partial charge in [0.2, 0.25) is 0 Å². The van der Waals surface area contributed by atoms with Gasteiger partial charge in [0.25, 0.3) is 0 Å². The monoisotopic (exact) mass is 308 g/mol. The van der Waals surface area contributed by atoms with Crippen LogP contribution in [0.15, 0.2) is 60.9 Å². The van der Waals surface area contributed by atoms with E-state index < -0.39 is 0 Å². The van der Waals surface area contributed by atoms with Gasteiger partial charge in [0, 0.05) is 31.5 Å². The summed E-state index contributed by atoms with van der Waals surface area (Å²) in [5, 5.41) is 0. The molecule has 3 aromatic rings. The Labute approximate surface area is 134 Å². The highest BCUT2D eigenvalue weighted by atomic mass is 19.1. The van der Waals surface area contributed by atoms with E-state index in [4.69, 9.17) is 5.73 Å². The summed E-state index contributed by atoms with van der Waals surface area (Å²) < 4.78 is 13.8. The number of hydrogen-bond acceptors (Lipinski definition) is 4. The maximum atomic E-state index is 13.8. The fraction of sp³-hybridized carbons (Fsp3) is 0.111. The molecule has 1 aromatic heterocycles. The Bertz CT molecular complexity index is 802. The average molecular weight is 308 g/mol. The molecule has 0 saturated heterocycles. The van der Waals surface area contributed by atoms with Crippen molar-refractivity contribution in [3.8, 4) is 11.3 Å². The first-order valence-electron chi connectivity index (χ1n) is 7.26. The van der Waals surface area contributed by atoms with Crippen molar-refractivity contribution in [2.24, 2.45) is 0 Å². The normalized spacial score (nSPS) is 10.5. The molecule has 0 aliphatic heterocycles. The molecule has 0 fully saturated rings. The Hall–Kier alpha value is -2.95. The van der Waals surface area contributed by atoms with Crippen molar-refractivity contribution in [3.63, 3.8) is 0 Å². The van der Waals surface area contributed by atoms with Crippen molar-refractivity contribution >= 4 is 11.5 Å². The number of rotatable bonds is 4. The first-order chi connectivity index (χ1) is 11.1. The summed E-state index contributed by atoms with van der Waals surface area (Å²) in [7, 11) is 1.87. The lowest BCUT2D eigenvalue weighted by Crippen LogP contribution is -2.17. The van der Waals surface area contributed by atoms with Crippen molar-refractivity contribution in [2.75, 3.05) is 17.7 Å². The minimum Gasteiger partial charge on any atom is -0.382 e. The molecule has 0 spiro atoms. The lowest BCUT2D eigenvalue weighted by atomic mass is 10.1. The van der Waals surface area contributed by atoms with Crippen LogP contribution in [0.3, 0.4) is 0 Å². The highest BCUT2D eigenvalue weighted by molar-refractivity contribution is 5.69. The van der Waals surface area contributed by atoms with Crippen molar-refractivity contribution in [1.29, 1.82) is 0 Å². The molecule has 0 saturated carbocycles. The van der Waals surface area contributed by atoms with Crippen molar-refractivity contribution < 1.29 is 4.39 Å². The second-order valence-electron chi connectivity index (χ2n) is 5.29. The van der Waals surface area contributed by atoms with E-state index in [0.29, 0.717) is 23.7 Å². The molecule has 0 atom stereocenters. The van der Waals surface area contributed by atoms with Gasteiger partial charge in [-0.05, 0) is 17.7 Å². The van der Waals surface area contributed by atoms with Crippen molar-refractivity contribution in [3.05, 3.63) is 72.3 Å². The molecule has 4 nitrogen and oxygen atoms in total. The van der Waals surface area contributed by atoms with Crippen LogP contribution in [0.4, 0.5) is 15.9 Å². The summed E-state index contributed by atoms with van der Waals surface area (Å²) >= 11 is 0. The number of halogens is 1. The Morgan fingerprint density at radius 2 is 1.70 bits per heavy atom. The smallest absolute Gasteiger partial charge is 0.149 e. The molecule has 116 valence electrons. The number of benzene rings is 2. The predicted octanol–water partition coefficient (Wildman–Crippen LogP) is 3.50. The van der Waals surface area contributed by atoms with Gasteiger partial charge in [0.05, 0.1) is 5.69 Å². The largest absolute Gasteiger partial charge is 0.382 e. The molecule has 2 N–H and O–H groups in total. The minimum atomic E-state index is -0.223. The Balaban J connectivity index is 1.78. The molecule has 0 amide bonds. The maximum Gasteiger partial charge on any atom is 0.149 e. The van der Waals surface area contributed by atoms with Crippen LogP contribution in [-0.4, -0.2) is 17.0 Å². The zero-order valence-corrected chi connectivity index (χ0v) is 12.8. The summed E-state index contributed by atoms with van der Waals surface area (Å²) in [6, 6.07) is 14.6. The number of nitrogens with zero attached hydrogens (tertiary/aromatic N) is 3. The Kier molecular flexibility index (Phi) is 4.19. The van der Waals surface area contributed by atoms with Gasteiger partial charge in [-0.3, -0.25) is 4.98 Å². The number of aromatic nitrogens is 2. The van der Waals surface area contributed by atoms with Gasteiger partial charge in [-0.15, -0.1) is 0 Å². The molecule has 1 heterocycles. The quantitative estimate of drug-likeness (QED) is 0.801. The Morgan fingerprint density at radius 1 is 1.00 bits per heavy atom. The van der Waals surface area contributed by atoms with Crippen LogP contribution in [0, 0.1) is 5.82 Å². The summed E-state index contributed by atoms with van der Waals surface area (Å²) in [6.07, 6.45) is 3.18. The molecule has 0 aliphatic carbocycles. The van der Waals surface area contributed by atoms with Gasteiger partial charge in [-0.2, -0.15) is 0 Å². The van der Waals surface area contributed by atoms with E-state index in [1.807, 2.05) is 42.3 Å². The van der Waals surface area contributed by atoms with E-state index >= 15 is 0 Å². The van der Waals surface area contributed by atoms with Crippen molar-refractivity contribution in [1.82, 2.24) is 9.97 Å². The third-order valence-electron chi connectivity index (χ3n) is 3.64. The lowest BCUT2D eigenvalue weighted by Gasteiger charge is -2.20. The molecular formula is C18H17FN4. The van der Waals surface area contributed by atoms with E-state index in [0.717, 1.165) is 11.1 Å². The number of anilines is 2. The summed E-state index contributed by atoms with van der Waals surface area (Å²) in [4.78, 5) is 10.2. The van der Waals surface area contributed by atoms with E-state index in [9.17, 15) is 4.39 Å². The zero-order chi connectivity index (χ0) is 16.2. The fourth-order valence-corrected chi connectivity index (χ4v) is 2.46. The SMILES string of the molecule is CN(Cc1ccc(-c2nccnc2N)cc1)c1ccccc1F. The molecule has 0 aliphatic rings. The van der Waals surface area contributed by atoms with Crippen LogP contribution in [0.1, 0.15) is 5.56 Å². The second-order valence-corrected chi connectivity index (χ2v) is 5.29. The summed E-state index contributed by atoms with van der Waals surface area (Å²) in [5.41, 5.74) is 9.07. The van der Waals surface area contributed by atoms with Crippen LogP contribution in [0.25, 0.3) is 11.3 Å². The standard InChI is InChI=1S/C18H17FN4/c1-23(16-5-3-2-4-15(16)19)12-13-6-8-14(9-7-13)17-18(20)22-11-10-21-17/h2-11H,12H2,1H3,(H2,20,22). The molecule has 0 bridgehead atoms. The number of hydrogen-bond donors (Lipinski definition) is 1. The fourth-order valence-electron chi connectivity index (χ4n) is 2.46. The molecule has 2 aromatic carbocycles. The van der Waals surface area contributed by atoms with Crippen LogP contribution in [0.5, 0.6) is 0 Å². The van der Waals surface area contributed by atoms with Crippen LogP contribution in [0.2, 0.25) is 0 Å². The first kappa shape index (κ1) is 15.0. The summed E-state index contributed by atoms with van der Waals surface area (Å²) in [5.74, 6) is 0.183. The van der Waals surface area contributed by atoms with Gasteiger partial charge in [0.1, 0.15) is 17.3 Å². The van der Waals surface area contributed by atoms with Gasteiger partial charge in [0.15, 0.2) is 0 Å². The molecule has 5 heteroatoms. The van der Waals surface area contributed by atoms with Gasteiger partial charge >= 0.3 is 0 Å². The predicted molar refractivity (Wildman–Crippen MR) is 90.4 cm³/mol. The number of nitrogen functional groups attached to an aromatic ring is 1. The molecular weight excluding hydrogens is 291 g/mol. The minimum absolute atomic E-state index is 0.223. The van der Waals surface area contributed by atoms with Gasteiger partial charge in [-0.25, -0.2) is 9.37 Å². The first-order valence-corrected chi connectivity index (χ1v) is 7.26. The lowest BCUT2D eigenvalue weighted by molar-refractivity contribution is 0.622. The molecule has 3 rings (SSSR count). The topological polar surface area (TPSA) is 55.0 Å². The third kappa shape index (κ3) is 3.29. The second kappa shape index (κ2) is 6.44. The van der Waals surface area contributed by atoms with E-state index in [-0.39, 0.29) is 5.82 Å².